The van der Waals surface area contributed by atoms with Crippen molar-refractivity contribution in [2.24, 2.45) is 0 Å². The molecule has 1 nitrogen and oxygen atoms in total. The van der Waals surface area contributed by atoms with Crippen molar-refractivity contribution in [3.05, 3.63) is 22.2 Å². The van der Waals surface area contributed by atoms with Gasteiger partial charge >= 0.3 is 117 Å². The summed E-state index contributed by atoms with van der Waals surface area (Å²) in [4.78, 5) is 0. The Kier molecular flexibility index (Phi) is 5.19. The second-order valence-corrected chi connectivity index (χ2v) is 11.5. The maximum atomic E-state index is 6.63. The topological polar surface area (TPSA) is 9.23 Å². The minimum atomic E-state index is -1.74. The van der Waals surface area contributed by atoms with E-state index in [-0.39, 0.29) is 0 Å². The normalized spacial score (nSPS) is 16.9. The van der Waals surface area contributed by atoms with Gasteiger partial charge in [0.2, 0.25) is 0 Å². The van der Waals surface area contributed by atoms with Gasteiger partial charge in [-0.15, -0.1) is 0 Å². The first-order valence-corrected chi connectivity index (χ1v) is 9.01. The molecule has 0 amide bonds. The Morgan fingerprint density at radius 2 is 1.53 bits per heavy atom. The molecule has 1 aliphatic carbocycles. The van der Waals surface area contributed by atoms with Gasteiger partial charge < -0.3 is 0 Å². The van der Waals surface area contributed by atoms with Gasteiger partial charge in [0.25, 0.3) is 0 Å². The van der Waals surface area contributed by atoms with Crippen molar-refractivity contribution in [3.63, 3.8) is 0 Å². The summed E-state index contributed by atoms with van der Waals surface area (Å²) in [6, 6.07) is 0. The van der Waals surface area contributed by atoms with Crippen molar-refractivity contribution in [3.8, 4) is 0 Å². The molecule has 1 rings (SSSR count). The molecule has 0 aliphatic heterocycles. The van der Waals surface area contributed by atoms with E-state index in [0.29, 0.717) is 16.6 Å². The molecule has 0 atom stereocenters. The maximum absolute atomic E-state index is 6.63. The van der Waals surface area contributed by atoms with E-state index in [0.717, 1.165) is 12.2 Å². The van der Waals surface area contributed by atoms with Crippen LogP contribution in [0.1, 0.15) is 48.0 Å². The van der Waals surface area contributed by atoms with E-state index in [9.17, 15) is 0 Å². The van der Waals surface area contributed by atoms with Crippen LogP contribution in [0.2, 0.25) is 16.6 Å². The Labute approximate surface area is 117 Å². The predicted octanol–water partition coefficient (Wildman–Crippen LogP) is 4.52. The third kappa shape index (κ3) is 2.92. The van der Waals surface area contributed by atoms with Crippen LogP contribution in [0.3, 0.4) is 0 Å². The first kappa shape index (κ1) is 15.2. The minimum absolute atomic E-state index is 0.650. The summed E-state index contributed by atoms with van der Waals surface area (Å²) in [7, 11) is -1.74. The Balaban J connectivity index is 3.06. The first-order chi connectivity index (χ1) is 7.82. The second-order valence-electron chi connectivity index (χ2n) is 6.17. The van der Waals surface area contributed by atoms with Crippen molar-refractivity contribution < 1.29 is 4.43 Å². The van der Waals surface area contributed by atoms with Crippen molar-refractivity contribution in [2.45, 2.75) is 64.6 Å². The molecular formula is C14H25LiOSi. The Hall–Kier alpha value is 0.0943. The standard InChI is InChI=1S/C14H25OSi.Li/c1-11(2)16(12(3)4,13(5)6)15-14-9-7-8-10-14;/h7,9,11-13H,8H2,1-6H3;. The average Bonchev–Trinajstić information content (AvgIpc) is 2.58. The summed E-state index contributed by atoms with van der Waals surface area (Å²) in [5, 5.41) is 0. The molecule has 0 fully saturated rings. The first-order valence-electron chi connectivity index (χ1n) is 6.87. The quantitative estimate of drug-likeness (QED) is 0.646. The van der Waals surface area contributed by atoms with Gasteiger partial charge in [-0.1, -0.05) is 0 Å². The second kappa shape index (κ2) is 5.82. The van der Waals surface area contributed by atoms with Crippen molar-refractivity contribution in [1.82, 2.24) is 0 Å². The van der Waals surface area contributed by atoms with Gasteiger partial charge in [0.1, 0.15) is 0 Å². The van der Waals surface area contributed by atoms with Gasteiger partial charge in [0, 0.05) is 0 Å². The Morgan fingerprint density at radius 1 is 1.06 bits per heavy atom. The molecule has 17 heavy (non-hydrogen) atoms. The van der Waals surface area contributed by atoms with Gasteiger partial charge in [0.05, 0.1) is 0 Å². The predicted molar refractivity (Wildman–Crippen MR) is 78.7 cm³/mol. The molecule has 0 unspecified atom stereocenters. The van der Waals surface area contributed by atoms with Crippen LogP contribution >= 0.6 is 0 Å². The van der Waals surface area contributed by atoms with Crippen LogP contribution in [0.4, 0.5) is 0 Å². The number of rotatable bonds is 5. The van der Waals surface area contributed by atoms with Gasteiger partial charge in [-0.2, -0.15) is 0 Å². The monoisotopic (exact) mass is 244 g/mol. The molecule has 0 N–H and O–H groups in total. The van der Waals surface area contributed by atoms with Gasteiger partial charge in [-0.25, -0.2) is 0 Å². The molecular weight excluding hydrogens is 219 g/mol. The third-order valence-electron chi connectivity index (χ3n) is 4.11. The molecule has 0 aromatic heterocycles. The SMILES string of the molecule is [Li][C]1=C(O[Si](C(C)C)(C(C)C)C(C)C)C=CC1. The van der Waals surface area contributed by atoms with Gasteiger partial charge in [0.15, 0.2) is 0 Å². The van der Waals surface area contributed by atoms with Crippen LogP contribution in [0.5, 0.6) is 0 Å². The molecule has 0 radical (unpaired) electrons. The van der Waals surface area contributed by atoms with E-state index in [2.05, 4.69) is 71.4 Å². The zero-order valence-corrected chi connectivity index (χ0v) is 13.5. The number of hydrogen-bond acceptors (Lipinski definition) is 1. The van der Waals surface area contributed by atoms with Crippen LogP contribution in [-0.2, 0) is 4.43 Å². The van der Waals surface area contributed by atoms with Crippen molar-refractivity contribution in [1.29, 1.82) is 0 Å². The Morgan fingerprint density at radius 3 is 1.82 bits per heavy atom. The molecule has 0 aromatic carbocycles. The summed E-state index contributed by atoms with van der Waals surface area (Å²) >= 11 is 2.19. The molecule has 1 aliphatic rings. The van der Waals surface area contributed by atoms with Crippen LogP contribution in [0.15, 0.2) is 22.2 Å². The van der Waals surface area contributed by atoms with E-state index in [1.807, 2.05) is 0 Å². The van der Waals surface area contributed by atoms with Crippen LogP contribution in [0.25, 0.3) is 0 Å². The van der Waals surface area contributed by atoms with E-state index < -0.39 is 8.32 Å². The summed E-state index contributed by atoms with van der Waals surface area (Å²) in [5.41, 5.74) is 1.95. The zero-order chi connectivity index (χ0) is 13.2. The molecule has 92 valence electrons. The van der Waals surface area contributed by atoms with Crippen LogP contribution < -0.4 is 0 Å². The van der Waals surface area contributed by atoms with Crippen molar-refractivity contribution >= 4 is 26.0 Å². The summed E-state index contributed by atoms with van der Waals surface area (Å²) in [5.74, 6) is 1.16. The summed E-state index contributed by atoms with van der Waals surface area (Å²) in [6.45, 7) is 14.0. The summed E-state index contributed by atoms with van der Waals surface area (Å²) in [6.07, 6.45) is 5.45. The zero-order valence-electron chi connectivity index (χ0n) is 12.5. The molecule has 0 bridgehead atoms. The summed E-state index contributed by atoms with van der Waals surface area (Å²) < 4.78 is 8.02. The van der Waals surface area contributed by atoms with Crippen molar-refractivity contribution in [2.75, 3.05) is 0 Å². The van der Waals surface area contributed by atoms with Crippen LogP contribution in [0, 0.1) is 0 Å². The number of allylic oxidation sites excluding steroid dienone is 3. The van der Waals surface area contributed by atoms with E-state index in [4.69, 9.17) is 4.43 Å². The molecule has 3 heteroatoms. The van der Waals surface area contributed by atoms with Crippen LogP contribution in [-0.4, -0.2) is 26.0 Å². The fourth-order valence-corrected chi connectivity index (χ4v) is 8.58. The van der Waals surface area contributed by atoms with Gasteiger partial charge in [-0.3, -0.25) is 0 Å². The van der Waals surface area contributed by atoms with E-state index in [1.54, 1.807) is 0 Å². The van der Waals surface area contributed by atoms with E-state index in [1.165, 1.54) is 4.25 Å². The fourth-order valence-electron chi connectivity index (χ4n) is 3.25. The third-order valence-corrected chi connectivity index (χ3v) is 10.1. The molecule has 0 heterocycles. The Bertz CT molecular complexity index is 307. The number of hydrogen-bond donors (Lipinski definition) is 0. The average molecular weight is 244 g/mol. The molecule has 0 saturated heterocycles. The van der Waals surface area contributed by atoms with Gasteiger partial charge in [-0.05, 0) is 0 Å². The molecule has 0 spiro atoms. The molecule has 0 saturated carbocycles. The van der Waals surface area contributed by atoms with E-state index >= 15 is 0 Å². The molecule has 0 aromatic rings. The fraction of sp³-hybridized carbons (Fsp3) is 0.714.